The number of aliphatic hydroxyl groups is 1. The van der Waals surface area contributed by atoms with E-state index in [0.29, 0.717) is 16.8 Å². The Labute approximate surface area is 160 Å². The van der Waals surface area contributed by atoms with Gasteiger partial charge in [0.1, 0.15) is 11.7 Å². The largest absolute Gasteiger partial charge is 0.872 e. The first-order valence-electron chi connectivity index (χ1n) is 9.57. The zero-order chi connectivity index (χ0) is 19.9. The van der Waals surface area contributed by atoms with Crippen molar-refractivity contribution in [3.63, 3.8) is 0 Å². The van der Waals surface area contributed by atoms with Crippen molar-refractivity contribution in [2.75, 3.05) is 18.0 Å². The normalized spacial score (nSPS) is 16.6. The first-order chi connectivity index (χ1) is 12.8. The molecule has 3 rings (SSSR count). The highest BCUT2D eigenvalue weighted by atomic mass is 16.3. The van der Waals surface area contributed by atoms with Gasteiger partial charge in [0, 0.05) is 24.5 Å². The summed E-state index contributed by atoms with van der Waals surface area (Å²) in [5.74, 6) is -1.28. The second-order valence-electron chi connectivity index (χ2n) is 7.03. The van der Waals surface area contributed by atoms with Crippen molar-refractivity contribution in [2.45, 2.75) is 47.0 Å². The minimum absolute atomic E-state index is 0.0142. The van der Waals surface area contributed by atoms with Gasteiger partial charge in [-0.05, 0) is 62.9 Å². The molecule has 0 amide bonds. The Kier molecular flexibility index (Phi) is 5.05. The van der Waals surface area contributed by atoms with Crippen molar-refractivity contribution in [2.24, 2.45) is 0 Å². The molecule has 1 aliphatic carbocycles. The van der Waals surface area contributed by atoms with Crippen LogP contribution in [0.5, 0.6) is 5.75 Å². The van der Waals surface area contributed by atoms with Crippen LogP contribution >= 0.6 is 0 Å². The third-order valence-corrected chi connectivity index (χ3v) is 5.67. The van der Waals surface area contributed by atoms with E-state index in [0.717, 1.165) is 42.0 Å². The van der Waals surface area contributed by atoms with Crippen LogP contribution in [-0.4, -0.2) is 29.0 Å². The van der Waals surface area contributed by atoms with Crippen LogP contribution in [-0.2, 0) is 11.2 Å². The van der Waals surface area contributed by atoms with Crippen molar-refractivity contribution in [3.05, 3.63) is 52.0 Å². The second-order valence-corrected chi connectivity index (χ2v) is 7.03. The molecule has 1 atom stereocenters. The van der Waals surface area contributed by atoms with Gasteiger partial charge >= 0.3 is 0 Å². The van der Waals surface area contributed by atoms with Crippen LogP contribution in [0.15, 0.2) is 24.0 Å². The molecule has 0 aliphatic heterocycles. The minimum atomic E-state index is -0.855. The van der Waals surface area contributed by atoms with Crippen LogP contribution in [0.3, 0.4) is 0 Å². The molecule has 5 heteroatoms. The number of aryl methyl sites for hydroxylation is 1. The van der Waals surface area contributed by atoms with Gasteiger partial charge in [-0.15, -0.1) is 5.75 Å². The number of carbonyl (C=O) groups excluding carboxylic acids is 1. The van der Waals surface area contributed by atoms with Gasteiger partial charge in [0.2, 0.25) is 0 Å². The zero-order valence-electron chi connectivity index (χ0n) is 16.6. The molecule has 144 valence electrons. The molecule has 1 aromatic carbocycles. The predicted octanol–water partition coefficient (Wildman–Crippen LogP) is 3.75. The molecule has 0 saturated heterocycles. The molecule has 0 fully saturated rings. The topological polar surface area (TPSA) is 79.4 Å². The second kappa shape index (κ2) is 7.14. The molecule has 2 N–H and O–H groups in total. The number of benzene rings is 1. The van der Waals surface area contributed by atoms with E-state index in [9.17, 15) is 15.0 Å². The number of H-pyrrole nitrogens is 1. The van der Waals surface area contributed by atoms with Crippen molar-refractivity contribution in [3.8, 4) is 5.75 Å². The Morgan fingerprint density at radius 1 is 1.19 bits per heavy atom. The summed E-state index contributed by atoms with van der Waals surface area (Å²) in [5.41, 5.74) is 5.33. The average molecular weight is 367 g/mol. The summed E-state index contributed by atoms with van der Waals surface area (Å²) in [5, 5.41) is 23.2. The molecule has 1 aromatic heterocycles. The number of carbonyl (C=O) groups is 1. The molecule has 1 unspecified atom stereocenters. The minimum Gasteiger partial charge on any atom is -0.872 e. The van der Waals surface area contributed by atoms with E-state index >= 15 is 0 Å². The molecule has 1 heterocycles. The molecule has 1 aliphatic rings. The van der Waals surface area contributed by atoms with Gasteiger partial charge in [-0.25, -0.2) is 0 Å². The zero-order valence-corrected chi connectivity index (χ0v) is 16.6. The monoisotopic (exact) mass is 367 g/mol. The summed E-state index contributed by atoms with van der Waals surface area (Å²) in [6.45, 7) is 11.7. The molecular weight excluding hydrogens is 340 g/mol. The number of aromatic amines is 1. The Balaban J connectivity index is 1.98. The number of allylic oxidation sites excluding steroid dienone is 2. The molecule has 0 spiro atoms. The van der Waals surface area contributed by atoms with E-state index in [1.165, 1.54) is 0 Å². The standard InChI is InChI=1S/C22H28N2O3/c1-6-15-12(4)20(23-13(15)5)19-21(26)18(22(19)27)16-10-9-14(11-17(16)25)24(7-2)8-3/h9-11,18,23,25-26H,6-8H2,1-5H3/p-1. The van der Waals surface area contributed by atoms with Crippen LogP contribution in [0.4, 0.5) is 5.69 Å². The Morgan fingerprint density at radius 3 is 2.33 bits per heavy atom. The van der Waals surface area contributed by atoms with Crippen LogP contribution in [0.25, 0.3) is 5.57 Å². The number of hydrogen-bond acceptors (Lipinski definition) is 4. The highest BCUT2D eigenvalue weighted by Crippen LogP contribution is 2.46. The number of anilines is 1. The summed E-state index contributed by atoms with van der Waals surface area (Å²) >= 11 is 0. The van der Waals surface area contributed by atoms with Gasteiger partial charge in [0.25, 0.3) is 0 Å². The lowest BCUT2D eigenvalue weighted by Crippen LogP contribution is -2.30. The van der Waals surface area contributed by atoms with Gasteiger partial charge in [-0.2, -0.15) is 0 Å². The fourth-order valence-corrected chi connectivity index (χ4v) is 4.12. The number of aliphatic hydroxyl groups excluding tert-OH is 1. The summed E-state index contributed by atoms with van der Waals surface area (Å²) in [7, 11) is 0. The first-order valence-corrected chi connectivity index (χ1v) is 9.57. The molecule has 27 heavy (non-hydrogen) atoms. The maximum absolute atomic E-state index is 12.8. The Bertz CT molecular complexity index is 920. The number of hydrogen-bond donors (Lipinski definition) is 2. The maximum Gasteiger partial charge on any atom is 0.183 e. The Morgan fingerprint density at radius 2 is 1.85 bits per heavy atom. The number of ketones is 1. The van der Waals surface area contributed by atoms with E-state index in [4.69, 9.17) is 0 Å². The predicted molar refractivity (Wildman–Crippen MR) is 106 cm³/mol. The number of rotatable bonds is 6. The van der Waals surface area contributed by atoms with Crippen molar-refractivity contribution in [1.82, 2.24) is 4.98 Å². The fourth-order valence-electron chi connectivity index (χ4n) is 4.12. The summed E-state index contributed by atoms with van der Waals surface area (Å²) in [6.07, 6.45) is 0.858. The van der Waals surface area contributed by atoms with Gasteiger partial charge in [0.15, 0.2) is 5.78 Å². The van der Waals surface area contributed by atoms with Crippen molar-refractivity contribution in [1.29, 1.82) is 0 Å². The number of nitrogens with zero attached hydrogens (tertiary/aromatic N) is 1. The summed E-state index contributed by atoms with van der Waals surface area (Å²) in [6, 6.07) is 5.08. The fraction of sp³-hybridized carbons (Fsp3) is 0.409. The van der Waals surface area contributed by atoms with Gasteiger partial charge in [-0.1, -0.05) is 13.0 Å². The van der Waals surface area contributed by atoms with E-state index in [-0.39, 0.29) is 17.3 Å². The van der Waals surface area contributed by atoms with Gasteiger partial charge in [0.05, 0.1) is 11.3 Å². The molecule has 0 radical (unpaired) electrons. The third-order valence-electron chi connectivity index (χ3n) is 5.67. The van der Waals surface area contributed by atoms with Crippen molar-refractivity contribution >= 4 is 17.0 Å². The number of Topliss-reactive ketones (excluding diaryl/α,β-unsaturated/α-hetero) is 1. The van der Waals surface area contributed by atoms with Crippen LogP contribution < -0.4 is 10.0 Å². The van der Waals surface area contributed by atoms with Gasteiger partial charge < -0.3 is 20.1 Å². The van der Waals surface area contributed by atoms with E-state index in [1.807, 2.05) is 33.8 Å². The van der Waals surface area contributed by atoms with E-state index in [2.05, 4.69) is 16.8 Å². The molecule has 5 nitrogen and oxygen atoms in total. The van der Waals surface area contributed by atoms with Crippen LogP contribution in [0.2, 0.25) is 0 Å². The lowest BCUT2D eigenvalue weighted by Gasteiger charge is -2.32. The Hall–Kier alpha value is -2.69. The van der Waals surface area contributed by atoms with Gasteiger partial charge in [-0.3, -0.25) is 4.79 Å². The van der Waals surface area contributed by atoms with Crippen LogP contribution in [0.1, 0.15) is 54.8 Å². The average Bonchev–Trinajstić information content (AvgIpc) is 2.91. The lowest BCUT2D eigenvalue weighted by molar-refractivity contribution is -0.269. The highest BCUT2D eigenvalue weighted by molar-refractivity contribution is 6.32. The van der Waals surface area contributed by atoms with E-state index < -0.39 is 5.92 Å². The van der Waals surface area contributed by atoms with Crippen LogP contribution in [0, 0.1) is 13.8 Å². The van der Waals surface area contributed by atoms with Crippen molar-refractivity contribution < 1.29 is 15.0 Å². The maximum atomic E-state index is 12.8. The molecule has 0 saturated carbocycles. The summed E-state index contributed by atoms with van der Waals surface area (Å²) in [4.78, 5) is 18.1. The first kappa shape index (κ1) is 19.1. The molecule has 2 aromatic rings. The number of nitrogens with one attached hydrogen (secondary N) is 1. The summed E-state index contributed by atoms with van der Waals surface area (Å²) < 4.78 is 0. The highest BCUT2D eigenvalue weighted by Gasteiger charge is 2.43. The quantitative estimate of drug-likeness (QED) is 0.815. The smallest absolute Gasteiger partial charge is 0.183 e. The lowest BCUT2D eigenvalue weighted by atomic mass is 9.75. The molecule has 0 bridgehead atoms. The SMILES string of the molecule is CCc1c(C)[nH]c(C2=C(O)C(c3ccc(N(CC)CC)cc3[O-])C2=O)c1C. The number of aromatic nitrogens is 1. The third kappa shape index (κ3) is 2.91. The van der Waals surface area contributed by atoms with E-state index in [1.54, 1.807) is 12.1 Å². The molecular formula is C22H27N2O3-.